The number of amides is 2. The van der Waals surface area contributed by atoms with Gasteiger partial charge in [-0.15, -0.1) is 0 Å². The minimum Gasteiger partial charge on any atom is -0.456 e. The van der Waals surface area contributed by atoms with E-state index in [9.17, 15) is 14.7 Å². The van der Waals surface area contributed by atoms with Crippen LogP contribution in [0, 0.1) is 0 Å². The maximum atomic E-state index is 13.4. The first-order valence-electron chi connectivity index (χ1n) is 10.3. The van der Waals surface area contributed by atoms with E-state index in [-0.39, 0.29) is 25.0 Å². The van der Waals surface area contributed by atoms with Gasteiger partial charge in [-0.2, -0.15) is 0 Å². The van der Waals surface area contributed by atoms with Crippen molar-refractivity contribution in [3.8, 4) is 11.5 Å². The van der Waals surface area contributed by atoms with Crippen molar-refractivity contribution in [2.24, 2.45) is 0 Å². The lowest BCUT2D eigenvalue weighted by Crippen LogP contribution is -2.46. The topological polar surface area (TPSA) is 78.9 Å². The van der Waals surface area contributed by atoms with Gasteiger partial charge in [0.15, 0.2) is 0 Å². The van der Waals surface area contributed by atoms with Gasteiger partial charge in [-0.1, -0.05) is 60.7 Å². The normalized spacial score (nSPS) is 15.2. The molecule has 0 fully saturated rings. The molecule has 1 aliphatic rings. The van der Waals surface area contributed by atoms with Gasteiger partial charge in [-0.05, 0) is 30.2 Å². The fourth-order valence-corrected chi connectivity index (χ4v) is 3.78. The lowest BCUT2D eigenvalue weighted by molar-refractivity contribution is -0.126. The highest BCUT2D eigenvalue weighted by molar-refractivity contribution is 6.00. The van der Waals surface area contributed by atoms with Crippen LogP contribution in [0.4, 0.5) is 0 Å². The molecule has 6 nitrogen and oxygen atoms in total. The number of β-amino-alcohol motifs (C(OH)–C–C–N with tert-alkyl or cyclic N) is 1. The monoisotopic (exact) mass is 416 g/mol. The molecule has 6 heteroatoms. The highest BCUT2D eigenvalue weighted by atomic mass is 16.5. The molecule has 31 heavy (non-hydrogen) atoms. The molecule has 0 saturated heterocycles. The predicted octanol–water partition coefficient (Wildman–Crippen LogP) is 3.33. The number of aliphatic hydroxyl groups excluding tert-OH is 1. The van der Waals surface area contributed by atoms with Crippen LogP contribution in [0.3, 0.4) is 0 Å². The molecule has 2 N–H and O–H groups in total. The number of nitrogens with zero attached hydrogens (tertiary/aromatic N) is 1. The van der Waals surface area contributed by atoms with Crippen molar-refractivity contribution in [1.29, 1.82) is 0 Å². The standard InChI is InChI=1S/C25H24N2O4/c28-17-16-27-23(24(29)26-15-14-18-8-2-1-3-9-18)19-10-4-6-12-21(19)31-22-13-7-5-11-20(22)25(27)30/h1-13,23,28H,14-17H2,(H,26,29). The number of hydrogen-bond donors (Lipinski definition) is 2. The van der Waals surface area contributed by atoms with Crippen LogP contribution in [0.2, 0.25) is 0 Å². The van der Waals surface area contributed by atoms with Crippen LogP contribution in [-0.2, 0) is 11.2 Å². The van der Waals surface area contributed by atoms with Crippen molar-refractivity contribution < 1.29 is 19.4 Å². The van der Waals surface area contributed by atoms with E-state index in [1.54, 1.807) is 36.4 Å². The third-order valence-corrected chi connectivity index (χ3v) is 5.27. The van der Waals surface area contributed by atoms with Crippen LogP contribution in [-0.4, -0.2) is 41.5 Å². The number of rotatable bonds is 6. The second kappa shape index (κ2) is 9.45. The Kier molecular flexibility index (Phi) is 6.29. The molecule has 0 aromatic heterocycles. The quantitative estimate of drug-likeness (QED) is 0.646. The molecule has 3 aromatic rings. The average molecular weight is 416 g/mol. The summed E-state index contributed by atoms with van der Waals surface area (Å²) in [6.07, 6.45) is 0.675. The number of carbonyl (C=O) groups is 2. The van der Waals surface area contributed by atoms with Gasteiger partial charge in [0.25, 0.3) is 5.91 Å². The SMILES string of the molecule is O=C(NCCc1ccccc1)C1c2ccccc2Oc2ccccc2C(=O)N1CCO. The number of carbonyl (C=O) groups excluding carboxylic acids is 2. The summed E-state index contributed by atoms with van der Waals surface area (Å²) in [4.78, 5) is 28.1. The summed E-state index contributed by atoms with van der Waals surface area (Å²) in [5.41, 5.74) is 2.05. The van der Waals surface area contributed by atoms with E-state index < -0.39 is 6.04 Å². The summed E-state index contributed by atoms with van der Waals surface area (Å²) in [6, 6.07) is 23.1. The summed E-state index contributed by atoms with van der Waals surface area (Å²) in [5, 5.41) is 12.6. The molecule has 0 bridgehead atoms. The first-order chi connectivity index (χ1) is 15.2. The zero-order chi connectivity index (χ0) is 21.6. The predicted molar refractivity (Wildman–Crippen MR) is 117 cm³/mol. The maximum absolute atomic E-state index is 13.4. The summed E-state index contributed by atoms with van der Waals surface area (Å²) in [7, 11) is 0. The molecule has 3 aromatic carbocycles. The van der Waals surface area contributed by atoms with Crippen molar-refractivity contribution >= 4 is 11.8 Å². The van der Waals surface area contributed by atoms with Crippen molar-refractivity contribution in [1.82, 2.24) is 10.2 Å². The number of aliphatic hydroxyl groups is 1. The largest absolute Gasteiger partial charge is 0.456 e. The summed E-state index contributed by atoms with van der Waals surface area (Å²) in [5.74, 6) is 0.259. The fraction of sp³-hybridized carbons (Fsp3) is 0.200. The van der Waals surface area contributed by atoms with E-state index in [1.165, 1.54) is 4.90 Å². The lowest BCUT2D eigenvalue weighted by atomic mass is 9.99. The van der Waals surface area contributed by atoms with Gasteiger partial charge in [-0.25, -0.2) is 0 Å². The molecule has 0 spiro atoms. The third-order valence-electron chi connectivity index (χ3n) is 5.27. The van der Waals surface area contributed by atoms with Crippen molar-refractivity contribution in [3.63, 3.8) is 0 Å². The molecule has 0 radical (unpaired) electrons. The van der Waals surface area contributed by atoms with Crippen LogP contribution in [0.25, 0.3) is 0 Å². The van der Waals surface area contributed by atoms with E-state index in [0.717, 1.165) is 5.56 Å². The van der Waals surface area contributed by atoms with E-state index >= 15 is 0 Å². The number of para-hydroxylation sites is 2. The minimum atomic E-state index is -0.917. The Morgan fingerprint density at radius 3 is 2.39 bits per heavy atom. The Hall–Kier alpha value is -3.64. The second-order valence-corrected chi connectivity index (χ2v) is 7.29. The molecule has 4 rings (SSSR count). The second-order valence-electron chi connectivity index (χ2n) is 7.29. The van der Waals surface area contributed by atoms with Gasteiger partial charge in [0.1, 0.15) is 17.5 Å². The minimum absolute atomic E-state index is 0.0261. The summed E-state index contributed by atoms with van der Waals surface area (Å²) < 4.78 is 6.04. The molecule has 158 valence electrons. The number of benzene rings is 3. The number of ether oxygens (including phenoxy) is 1. The van der Waals surface area contributed by atoms with E-state index in [1.807, 2.05) is 42.5 Å². The van der Waals surface area contributed by atoms with Crippen LogP contribution < -0.4 is 10.1 Å². The summed E-state index contributed by atoms with van der Waals surface area (Å²) in [6.45, 7) is 0.198. The van der Waals surface area contributed by atoms with E-state index in [0.29, 0.717) is 35.6 Å². The molecule has 0 saturated carbocycles. The van der Waals surface area contributed by atoms with Gasteiger partial charge < -0.3 is 20.1 Å². The Morgan fingerprint density at radius 1 is 0.935 bits per heavy atom. The molecule has 1 unspecified atom stereocenters. The highest BCUT2D eigenvalue weighted by Crippen LogP contribution is 2.38. The van der Waals surface area contributed by atoms with Crippen LogP contribution in [0.15, 0.2) is 78.9 Å². The zero-order valence-corrected chi connectivity index (χ0v) is 17.0. The molecule has 1 atom stereocenters. The molecular formula is C25H24N2O4. The van der Waals surface area contributed by atoms with Gasteiger partial charge in [0.2, 0.25) is 5.91 Å². The van der Waals surface area contributed by atoms with Crippen LogP contribution in [0.5, 0.6) is 11.5 Å². The maximum Gasteiger partial charge on any atom is 0.258 e. The first kappa shape index (κ1) is 20.6. The van der Waals surface area contributed by atoms with Crippen LogP contribution >= 0.6 is 0 Å². The molecular weight excluding hydrogens is 392 g/mol. The van der Waals surface area contributed by atoms with Crippen molar-refractivity contribution in [3.05, 3.63) is 95.6 Å². The first-order valence-corrected chi connectivity index (χ1v) is 10.3. The summed E-state index contributed by atoms with van der Waals surface area (Å²) >= 11 is 0. The van der Waals surface area contributed by atoms with Crippen molar-refractivity contribution in [2.45, 2.75) is 12.5 Å². The molecule has 1 aliphatic heterocycles. The number of fused-ring (bicyclic) bond motifs is 2. The van der Waals surface area contributed by atoms with Gasteiger partial charge in [0.05, 0.1) is 12.2 Å². The smallest absolute Gasteiger partial charge is 0.258 e. The van der Waals surface area contributed by atoms with E-state index in [2.05, 4.69) is 5.32 Å². The van der Waals surface area contributed by atoms with Gasteiger partial charge in [-0.3, -0.25) is 9.59 Å². The highest BCUT2D eigenvalue weighted by Gasteiger charge is 2.36. The van der Waals surface area contributed by atoms with Crippen molar-refractivity contribution in [2.75, 3.05) is 19.7 Å². The Labute approximate surface area is 181 Å². The fourth-order valence-electron chi connectivity index (χ4n) is 3.78. The Balaban J connectivity index is 1.67. The number of nitrogens with one attached hydrogen (secondary N) is 1. The Bertz CT molecular complexity index is 1070. The average Bonchev–Trinajstić information content (AvgIpc) is 2.79. The molecule has 0 aliphatic carbocycles. The van der Waals surface area contributed by atoms with Crippen LogP contribution in [0.1, 0.15) is 27.5 Å². The van der Waals surface area contributed by atoms with Gasteiger partial charge >= 0.3 is 0 Å². The molecule has 2 amide bonds. The Morgan fingerprint density at radius 2 is 1.61 bits per heavy atom. The van der Waals surface area contributed by atoms with E-state index in [4.69, 9.17) is 4.74 Å². The number of hydrogen-bond acceptors (Lipinski definition) is 4. The third kappa shape index (κ3) is 4.44. The van der Waals surface area contributed by atoms with Gasteiger partial charge in [0, 0.05) is 18.7 Å². The molecule has 1 heterocycles. The zero-order valence-electron chi connectivity index (χ0n) is 17.0. The lowest BCUT2D eigenvalue weighted by Gasteiger charge is -2.34.